The summed E-state index contributed by atoms with van der Waals surface area (Å²) in [5, 5.41) is 3.71. The van der Waals surface area contributed by atoms with Crippen LogP contribution in [0, 0.1) is 0 Å². The molecule has 2 heteroatoms. The summed E-state index contributed by atoms with van der Waals surface area (Å²) in [6.07, 6.45) is 11.5. The van der Waals surface area contributed by atoms with Crippen molar-refractivity contribution in [2.75, 3.05) is 19.6 Å². The van der Waals surface area contributed by atoms with E-state index in [0.717, 1.165) is 0 Å². The molecule has 2 nitrogen and oxygen atoms in total. The van der Waals surface area contributed by atoms with Gasteiger partial charge >= 0.3 is 0 Å². The van der Waals surface area contributed by atoms with Gasteiger partial charge in [0, 0.05) is 18.1 Å². The third kappa shape index (κ3) is 3.45. The Labute approximate surface area is 107 Å². The van der Waals surface area contributed by atoms with Crippen LogP contribution in [0.3, 0.4) is 0 Å². The zero-order chi connectivity index (χ0) is 12.1. The Kier molecular flexibility index (Phi) is 4.87. The number of hydrogen-bond donors (Lipinski definition) is 1. The lowest BCUT2D eigenvalue weighted by atomic mass is 9.79. The van der Waals surface area contributed by atoms with Crippen molar-refractivity contribution in [1.29, 1.82) is 0 Å². The van der Waals surface area contributed by atoms with Crippen molar-refractivity contribution in [3.63, 3.8) is 0 Å². The van der Waals surface area contributed by atoms with Gasteiger partial charge in [0.1, 0.15) is 0 Å². The van der Waals surface area contributed by atoms with Gasteiger partial charge < -0.3 is 5.32 Å². The van der Waals surface area contributed by atoms with Crippen molar-refractivity contribution < 1.29 is 0 Å². The van der Waals surface area contributed by atoms with E-state index in [0.29, 0.717) is 11.6 Å². The predicted molar refractivity (Wildman–Crippen MR) is 74.4 cm³/mol. The minimum Gasteiger partial charge on any atom is -0.313 e. The van der Waals surface area contributed by atoms with Crippen LogP contribution >= 0.6 is 0 Å². The highest BCUT2D eigenvalue weighted by molar-refractivity contribution is 4.96. The minimum absolute atomic E-state index is 0.503. The second-order valence-corrected chi connectivity index (χ2v) is 6.37. The largest absolute Gasteiger partial charge is 0.313 e. The molecule has 0 unspecified atom stereocenters. The summed E-state index contributed by atoms with van der Waals surface area (Å²) in [7, 11) is 0. The topological polar surface area (TPSA) is 15.3 Å². The van der Waals surface area contributed by atoms with E-state index in [2.05, 4.69) is 24.1 Å². The molecular formula is C15H30N2. The van der Waals surface area contributed by atoms with Crippen molar-refractivity contribution in [2.45, 2.75) is 76.8 Å². The van der Waals surface area contributed by atoms with Gasteiger partial charge in [-0.15, -0.1) is 0 Å². The van der Waals surface area contributed by atoms with Gasteiger partial charge in [0.2, 0.25) is 0 Å². The lowest BCUT2D eigenvalue weighted by molar-refractivity contribution is 0.0321. The molecule has 2 fully saturated rings. The number of hydrogen-bond acceptors (Lipinski definition) is 2. The van der Waals surface area contributed by atoms with Gasteiger partial charge in [0.05, 0.1) is 0 Å². The van der Waals surface area contributed by atoms with Crippen LogP contribution in [0.25, 0.3) is 0 Å². The molecule has 2 aliphatic rings. The lowest BCUT2D eigenvalue weighted by Crippen LogP contribution is -2.58. The molecule has 0 atom stereocenters. The van der Waals surface area contributed by atoms with Crippen LogP contribution in [0.15, 0.2) is 0 Å². The van der Waals surface area contributed by atoms with E-state index in [1.807, 2.05) is 0 Å². The molecular weight excluding hydrogens is 208 g/mol. The van der Waals surface area contributed by atoms with Crippen LogP contribution in [0.5, 0.6) is 0 Å². The fourth-order valence-electron chi connectivity index (χ4n) is 3.58. The van der Waals surface area contributed by atoms with Gasteiger partial charge in [-0.3, -0.25) is 4.90 Å². The average Bonchev–Trinajstić information content (AvgIpc) is 2.39. The zero-order valence-electron chi connectivity index (χ0n) is 11.8. The summed E-state index contributed by atoms with van der Waals surface area (Å²) < 4.78 is 0. The van der Waals surface area contributed by atoms with Gasteiger partial charge in [-0.25, -0.2) is 0 Å². The summed E-state index contributed by atoms with van der Waals surface area (Å²) in [4.78, 5) is 2.82. The fourth-order valence-corrected chi connectivity index (χ4v) is 3.58. The Morgan fingerprint density at radius 3 is 2.12 bits per heavy atom. The third-order valence-corrected chi connectivity index (χ3v) is 4.65. The van der Waals surface area contributed by atoms with Crippen molar-refractivity contribution in [3.8, 4) is 0 Å². The van der Waals surface area contributed by atoms with Gasteiger partial charge in [-0.1, -0.05) is 39.5 Å². The van der Waals surface area contributed by atoms with Crippen molar-refractivity contribution in [3.05, 3.63) is 0 Å². The first-order chi connectivity index (χ1) is 8.23. The van der Waals surface area contributed by atoms with Crippen molar-refractivity contribution in [2.24, 2.45) is 0 Å². The zero-order valence-corrected chi connectivity index (χ0v) is 11.8. The summed E-state index contributed by atoms with van der Waals surface area (Å²) in [6, 6.07) is 0.624. The Balaban J connectivity index is 1.99. The average molecular weight is 238 g/mol. The molecule has 0 spiro atoms. The highest BCUT2D eigenvalue weighted by Gasteiger charge is 2.37. The molecule has 0 amide bonds. The summed E-state index contributed by atoms with van der Waals surface area (Å²) >= 11 is 0. The molecule has 0 aromatic carbocycles. The summed E-state index contributed by atoms with van der Waals surface area (Å²) in [6.45, 7) is 8.45. The highest BCUT2D eigenvalue weighted by Crippen LogP contribution is 2.35. The monoisotopic (exact) mass is 238 g/mol. The molecule has 0 bridgehead atoms. The smallest absolute Gasteiger partial charge is 0.0334 e. The van der Waals surface area contributed by atoms with E-state index in [1.54, 1.807) is 0 Å². The molecule has 0 radical (unpaired) electrons. The maximum atomic E-state index is 3.71. The summed E-state index contributed by atoms with van der Waals surface area (Å²) in [5.74, 6) is 0. The van der Waals surface area contributed by atoms with Gasteiger partial charge in [-0.2, -0.15) is 0 Å². The molecule has 1 heterocycles. The van der Waals surface area contributed by atoms with Crippen LogP contribution in [0.2, 0.25) is 0 Å². The number of rotatable bonds is 4. The van der Waals surface area contributed by atoms with Crippen LogP contribution in [-0.4, -0.2) is 36.1 Å². The number of likely N-dealkylation sites (tertiary alicyclic amines) is 1. The first kappa shape index (κ1) is 13.4. The van der Waals surface area contributed by atoms with Crippen molar-refractivity contribution >= 4 is 0 Å². The third-order valence-electron chi connectivity index (χ3n) is 4.65. The normalized spacial score (nSPS) is 26.3. The van der Waals surface area contributed by atoms with Gasteiger partial charge in [-0.05, 0) is 38.8 Å². The molecule has 1 N–H and O–H groups in total. The maximum absolute atomic E-state index is 3.71. The van der Waals surface area contributed by atoms with Crippen molar-refractivity contribution in [1.82, 2.24) is 10.2 Å². The van der Waals surface area contributed by atoms with E-state index < -0.39 is 0 Å². The Morgan fingerprint density at radius 1 is 0.941 bits per heavy atom. The lowest BCUT2D eigenvalue weighted by Gasteiger charge is -2.49. The van der Waals surface area contributed by atoms with Gasteiger partial charge in [0.15, 0.2) is 0 Å². The Morgan fingerprint density at radius 2 is 1.53 bits per heavy atom. The minimum atomic E-state index is 0.503. The maximum Gasteiger partial charge on any atom is 0.0334 e. The second kappa shape index (κ2) is 6.19. The van der Waals surface area contributed by atoms with E-state index >= 15 is 0 Å². The molecule has 0 aromatic rings. The van der Waals surface area contributed by atoms with E-state index in [4.69, 9.17) is 0 Å². The Hall–Kier alpha value is -0.0800. The SMILES string of the molecule is CC(C)NCC1(N2CCCCC2)CCCCC1. The molecule has 17 heavy (non-hydrogen) atoms. The predicted octanol–water partition coefficient (Wildman–Crippen LogP) is 3.17. The van der Waals surface area contributed by atoms with Crippen LogP contribution < -0.4 is 5.32 Å². The Bertz CT molecular complexity index is 213. The standard InChI is InChI=1S/C15H30N2/c1-14(2)16-13-15(9-5-3-6-10-15)17-11-7-4-8-12-17/h14,16H,3-13H2,1-2H3. The summed E-state index contributed by atoms with van der Waals surface area (Å²) in [5.41, 5.74) is 0.503. The molecule has 100 valence electrons. The van der Waals surface area contributed by atoms with E-state index in [-0.39, 0.29) is 0 Å². The number of nitrogens with zero attached hydrogens (tertiary/aromatic N) is 1. The van der Waals surface area contributed by atoms with E-state index in [9.17, 15) is 0 Å². The van der Waals surface area contributed by atoms with Crippen LogP contribution in [0.1, 0.15) is 65.2 Å². The molecule has 2 rings (SSSR count). The second-order valence-electron chi connectivity index (χ2n) is 6.37. The highest BCUT2D eigenvalue weighted by atomic mass is 15.2. The number of piperidine rings is 1. The molecule has 1 saturated carbocycles. The first-order valence-electron chi connectivity index (χ1n) is 7.71. The van der Waals surface area contributed by atoms with E-state index in [1.165, 1.54) is 71.0 Å². The molecule has 1 aliphatic carbocycles. The van der Waals surface area contributed by atoms with Gasteiger partial charge in [0.25, 0.3) is 0 Å². The molecule has 1 aliphatic heterocycles. The molecule has 1 saturated heterocycles. The van der Waals surface area contributed by atoms with Crippen LogP contribution in [-0.2, 0) is 0 Å². The molecule has 0 aromatic heterocycles. The first-order valence-corrected chi connectivity index (χ1v) is 7.71. The fraction of sp³-hybridized carbons (Fsp3) is 1.00. The number of nitrogens with one attached hydrogen (secondary N) is 1. The van der Waals surface area contributed by atoms with Crippen LogP contribution in [0.4, 0.5) is 0 Å². The quantitative estimate of drug-likeness (QED) is 0.809.